The monoisotopic (exact) mass is 336 g/mol. The average Bonchev–Trinajstić information content (AvgIpc) is 2.82. The summed E-state index contributed by atoms with van der Waals surface area (Å²) < 4.78 is 15.5. The molecule has 1 aromatic rings. The first-order valence-corrected chi connectivity index (χ1v) is 7.57. The fraction of sp³-hybridized carbons (Fsp3) is 0.375. The zero-order valence-electron chi connectivity index (χ0n) is 13.4. The summed E-state index contributed by atoms with van der Waals surface area (Å²) in [5, 5.41) is 3.35. The number of thiocarbonyl (C=S) groups is 1. The minimum atomic E-state index is -0.157. The molecule has 7 heteroatoms. The molecule has 23 heavy (non-hydrogen) atoms. The molecule has 1 aliphatic rings. The predicted molar refractivity (Wildman–Crippen MR) is 91.5 cm³/mol. The summed E-state index contributed by atoms with van der Waals surface area (Å²) in [7, 11) is 4.79. The van der Waals surface area contributed by atoms with E-state index in [0.717, 1.165) is 12.0 Å². The molecule has 0 aromatic heterocycles. The molecule has 1 fully saturated rings. The van der Waals surface area contributed by atoms with E-state index in [-0.39, 0.29) is 5.91 Å². The van der Waals surface area contributed by atoms with Crippen LogP contribution in [0, 0.1) is 0 Å². The van der Waals surface area contributed by atoms with Gasteiger partial charge in [0.2, 0.25) is 0 Å². The number of methoxy groups -OCH3 is 3. The van der Waals surface area contributed by atoms with Gasteiger partial charge in [-0.05, 0) is 42.9 Å². The van der Waals surface area contributed by atoms with Crippen molar-refractivity contribution in [1.29, 1.82) is 0 Å². The highest BCUT2D eigenvalue weighted by molar-refractivity contribution is 7.80. The molecule has 6 nitrogen and oxygen atoms in total. The van der Waals surface area contributed by atoms with Crippen LogP contribution in [-0.4, -0.2) is 50.4 Å². The van der Waals surface area contributed by atoms with Crippen molar-refractivity contribution in [3.05, 3.63) is 29.5 Å². The van der Waals surface area contributed by atoms with Crippen molar-refractivity contribution < 1.29 is 19.0 Å². The van der Waals surface area contributed by atoms with Gasteiger partial charge in [0.25, 0.3) is 5.91 Å². The number of hydrogen-bond acceptors (Lipinski definition) is 5. The lowest BCUT2D eigenvalue weighted by Gasteiger charge is -2.13. The Hall–Kier alpha value is -2.12. The molecule has 2 rings (SSSR count). The minimum Gasteiger partial charge on any atom is -0.497 e. The number of benzene rings is 1. The summed E-state index contributed by atoms with van der Waals surface area (Å²) in [6.45, 7) is 1.10. The van der Waals surface area contributed by atoms with E-state index in [1.807, 2.05) is 0 Å². The molecule has 0 aliphatic carbocycles. The van der Waals surface area contributed by atoms with Crippen LogP contribution in [-0.2, 0) is 9.53 Å². The lowest BCUT2D eigenvalue weighted by Crippen LogP contribution is -2.32. The molecule has 0 saturated carbocycles. The molecule has 1 aliphatic heterocycles. The molecule has 1 aromatic carbocycles. The molecule has 1 saturated heterocycles. The number of rotatable bonds is 7. The van der Waals surface area contributed by atoms with Gasteiger partial charge in [0.15, 0.2) is 5.11 Å². The highest BCUT2D eigenvalue weighted by Crippen LogP contribution is 2.27. The van der Waals surface area contributed by atoms with Crippen molar-refractivity contribution in [3.8, 4) is 11.5 Å². The van der Waals surface area contributed by atoms with Crippen LogP contribution in [0.15, 0.2) is 23.9 Å². The van der Waals surface area contributed by atoms with Crippen LogP contribution in [0.2, 0.25) is 0 Å². The van der Waals surface area contributed by atoms with Crippen molar-refractivity contribution in [1.82, 2.24) is 10.2 Å². The van der Waals surface area contributed by atoms with E-state index in [1.54, 1.807) is 45.6 Å². The molecule has 1 heterocycles. The number of ether oxygens (including phenoxy) is 3. The smallest absolute Gasteiger partial charge is 0.276 e. The lowest BCUT2D eigenvalue weighted by molar-refractivity contribution is -0.122. The molecule has 0 spiro atoms. The Morgan fingerprint density at radius 2 is 2.04 bits per heavy atom. The average molecular weight is 336 g/mol. The number of nitrogens with one attached hydrogen (secondary N) is 1. The highest BCUT2D eigenvalue weighted by Gasteiger charge is 2.30. The van der Waals surface area contributed by atoms with Gasteiger partial charge in [0, 0.05) is 25.8 Å². The minimum absolute atomic E-state index is 0.157. The molecular weight excluding hydrogens is 316 g/mol. The zero-order chi connectivity index (χ0) is 16.8. The van der Waals surface area contributed by atoms with Gasteiger partial charge < -0.3 is 19.5 Å². The summed E-state index contributed by atoms with van der Waals surface area (Å²) >= 11 is 5.23. The van der Waals surface area contributed by atoms with Crippen molar-refractivity contribution in [2.75, 3.05) is 34.5 Å². The Labute approximate surface area is 141 Å². The van der Waals surface area contributed by atoms with Crippen LogP contribution in [0.4, 0.5) is 0 Å². The number of amides is 1. The van der Waals surface area contributed by atoms with Gasteiger partial charge in [-0.15, -0.1) is 0 Å². The molecule has 0 atom stereocenters. The van der Waals surface area contributed by atoms with E-state index < -0.39 is 0 Å². The van der Waals surface area contributed by atoms with E-state index in [1.165, 1.54) is 4.90 Å². The largest absolute Gasteiger partial charge is 0.497 e. The maximum Gasteiger partial charge on any atom is 0.276 e. The van der Waals surface area contributed by atoms with Gasteiger partial charge in [-0.2, -0.15) is 0 Å². The standard InChI is InChI=1S/C16H20N2O4S/c1-20-8-4-7-18-15(19)13(17-16(18)23)10-11-9-12(21-2)5-6-14(11)22-3/h5-6,9-10H,4,7-8H2,1-3H3,(H,17,23)/b13-10+. The fourth-order valence-electron chi connectivity index (χ4n) is 2.25. The summed E-state index contributed by atoms with van der Waals surface area (Å²) in [6, 6.07) is 5.39. The van der Waals surface area contributed by atoms with E-state index >= 15 is 0 Å². The third-order valence-corrected chi connectivity index (χ3v) is 3.75. The van der Waals surface area contributed by atoms with Crippen LogP contribution in [0.3, 0.4) is 0 Å². The molecular formula is C16H20N2O4S. The maximum atomic E-state index is 12.5. The number of carbonyl (C=O) groups excluding carboxylic acids is 1. The van der Waals surface area contributed by atoms with Crippen molar-refractivity contribution in [3.63, 3.8) is 0 Å². The molecule has 0 unspecified atom stereocenters. The van der Waals surface area contributed by atoms with Gasteiger partial charge in [-0.25, -0.2) is 0 Å². The van der Waals surface area contributed by atoms with E-state index in [2.05, 4.69) is 5.32 Å². The first-order valence-electron chi connectivity index (χ1n) is 7.16. The Bertz CT molecular complexity index is 631. The topological polar surface area (TPSA) is 60.0 Å². The van der Waals surface area contributed by atoms with Crippen molar-refractivity contribution in [2.45, 2.75) is 6.42 Å². The van der Waals surface area contributed by atoms with Crippen molar-refractivity contribution >= 4 is 29.3 Å². The van der Waals surface area contributed by atoms with Crippen molar-refractivity contribution in [2.24, 2.45) is 0 Å². The second-order valence-corrected chi connectivity index (χ2v) is 5.29. The normalized spacial score (nSPS) is 16.0. The first-order chi connectivity index (χ1) is 11.1. The van der Waals surface area contributed by atoms with Gasteiger partial charge in [-0.1, -0.05) is 0 Å². The first kappa shape index (κ1) is 17.2. The van der Waals surface area contributed by atoms with E-state index in [4.69, 9.17) is 26.4 Å². The lowest BCUT2D eigenvalue weighted by atomic mass is 10.1. The summed E-state index contributed by atoms with van der Waals surface area (Å²) in [6.07, 6.45) is 2.44. The summed E-state index contributed by atoms with van der Waals surface area (Å²) in [4.78, 5) is 14.0. The third kappa shape index (κ3) is 4.00. The Morgan fingerprint density at radius 3 is 2.70 bits per heavy atom. The van der Waals surface area contributed by atoms with E-state index in [0.29, 0.717) is 35.5 Å². The van der Waals surface area contributed by atoms with Crippen LogP contribution >= 0.6 is 12.2 Å². The van der Waals surface area contributed by atoms with Gasteiger partial charge >= 0.3 is 0 Å². The SMILES string of the molecule is COCCCN1C(=O)/C(=C\c2cc(OC)ccc2OC)NC1=S. The molecule has 0 bridgehead atoms. The number of carbonyl (C=O) groups is 1. The fourth-order valence-corrected chi connectivity index (χ4v) is 2.53. The zero-order valence-corrected chi connectivity index (χ0v) is 14.2. The maximum absolute atomic E-state index is 12.5. The van der Waals surface area contributed by atoms with Crippen LogP contribution in [0.25, 0.3) is 6.08 Å². The second-order valence-electron chi connectivity index (χ2n) is 4.90. The van der Waals surface area contributed by atoms with E-state index in [9.17, 15) is 4.79 Å². The van der Waals surface area contributed by atoms with Crippen LogP contribution < -0.4 is 14.8 Å². The predicted octanol–water partition coefficient (Wildman–Crippen LogP) is 1.80. The number of nitrogens with zero attached hydrogens (tertiary/aromatic N) is 1. The molecule has 0 radical (unpaired) electrons. The summed E-state index contributed by atoms with van der Waals surface area (Å²) in [5.41, 5.74) is 1.16. The summed E-state index contributed by atoms with van der Waals surface area (Å²) in [5.74, 6) is 1.18. The van der Waals surface area contributed by atoms with Gasteiger partial charge in [0.05, 0.1) is 14.2 Å². The quantitative estimate of drug-likeness (QED) is 0.465. The third-order valence-electron chi connectivity index (χ3n) is 3.43. The molecule has 1 N–H and O–H groups in total. The second kappa shape index (κ2) is 7.94. The van der Waals surface area contributed by atoms with Gasteiger partial charge in [0.1, 0.15) is 17.2 Å². The Morgan fingerprint density at radius 1 is 1.26 bits per heavy atom. The Kier molecular flexibility index (Phi) is 5.95. The molecule has 124 valence electrons. The van der Waals surface area contributed by atoms with Crippen LogP contribution in [0.5, 0.6) is 11.5 Å². The highest BCUT2D eigenvalue weighted by atomic mass is 32.1. The molecule has 1 amide bonds. The number of hydrogen-bond donors (Lipinski definition) is 1. The van der Waals surface area contributed by atoms with Gasteiger partial charge in [-0.3, -0.25) is 9.69 Å². The Balaban J connectivity index is 2.23. The van der Waals surface area contributed by atoms with Crippen LogP contribution in [0.1, 0.15) is 12.0 Å².